The van der Waals surface area contributed by atoms with Gasteiger partial charge in [0.25, 0.3) is 5.91 Å². The number of thioether (sulfide) groups is 1. The Morgan fingerprint density at radius 1 is 0.976 bits per heavy atom. The summed E-state index contributed by atoms with van der Waals surface area (Å²) in [6.45, 7) is 2.63. The van der Waals surface area contributed by atoms with Crippen molar-refractivity contribution in [1.29, 1.82) is 0 Å². The Morgan fingerprint density at radius 2 is 1.74 bits per heavy atom. The predicted molar refractivity (Wildman–Crippen MR) is 165 cm³/mol. The lowest BCUT2D eigenvalue weighted by Gasteiger charge is -2.36. The van der Waals surface area contributed by atoms with Crippen LogP contribution < -0.4 is 15.0 Å². The number of methoxy groups -OCH3 is 1. The van der Waals surface area contributed by atoms with E-state index in [4.69, 9.17) is 9.73 Å². The number of anilines is 2. The quantitative estimate of drug-likeness (QED) is 0.455. The maximum atomic E-state index is 13.6. The van der Waals surface area contributed by atoms with Crippen LogP contribution in [-0.2, 0) is 14.4 Å². The van der Waals surface area contributed by atoms with Gasteiger partial charge < -0.3 is 19.9 Å². The molecule has 1 fully saturated rings. The molecule has 1 unspecified atom stereocenters. The van der Waals surface area contributed by atoms with E-state index < -0.39 is 6.04 Å². The number of fused-ring (bicyclic) bond motifs is 3. The predicted octanol–water partition coefficient (Wildman–Crippen LogP) is 3.76. The van der Waals surface area contributed by atoms with Crippen LogP contribution in [0.1, 0.15) is 12.0 Å². The van der Waals surface area contributed by atoms with Crippen LogP contribution in [-0.4, -0.2) is 83.6 Å². The van der Waals surface area contributed by atoms with Gasteiger partial charge in [0.05, 0.1) is 25.0 Å². The van der Waals surface area contributed by atoms with Crippen LogP contribution in [0.3, 0.4) is 0 Å². The number of ether oxygens (including phenoxy) is 1. The van der Waals surface area contributed by atoms with Gasteiger partial charge in [-0.25, -0.2) is 9.89 Å². The molecule has 3 heterocycles. The largest absolute Gasteiger partial charge is 0.497 e. The van der Waals surface area contributed by atoms with Crippen molar-refractivity contribution < 1.29 is 19.1 Å². The molecular weight excluding hydrogens is 552 g/mol. The van der Waals surface area contributed by atoms with Crippen molar-refractivity contribution in [2.75, 3.05) is 49.3 Å². The van der Waals surface area contributed by atoms with Gasteiger partial charge in [-0.1, -0.05) is 48.2 Å². The maximum absolute atomic E-state index is 13.6. The van der Waals surface area contributed by atoms with Gasteiger partial charge in [0.1, 0.15) is 17.6 Å². The second kappa shape index (κ2) is 12.1. The Bertz CT molecular complexity index is 1570. The third-order valence-electron chi connectivity index (χ3n) is 7.36. The summed E-state index contributed by atoms with van der Waals surface area (Å²) in [5.41, 5.74) is 3.14. The zero-order chi connectivity index (χ0) is 29.1. The molecule has 42 heavy (non-hydrogen) atoms. The van der Waals surface area contributed by atoms with Crippen LogP contribution >= 0.6 is 11.8 Å². The van der Waals surface area contributed by atoms with Gasteiger partial charge in [-0.15, -0.1) is 0 Å². The monoisotopic (exact) mass is 582 g/mol. The van der Waals surface area contributed by atoms with Crippen LogP contribution in [0.15, 0.2) is 88.8 Å². The third-order valence-corrected chi connectivity index (χ3v) is 8.29. The number of carbonyl (C=O) groups is 3. The van der Waals surface area contributed by atoms with Gasteiger partial charge in [0.2, 0.25) is 11.8 Å². The molecule has 214 valence electrons. The number of nitrogens with zero attached hydrogens (tertiary/aromatic N) is 5. The highest BCUT2D eigenvalue weighted by atomic mass is 32.2. The van der Waals surface area contributed by atoms with E-state index in [0.717, 1.165) is 36.1 Å². The molecule has 10 nitrogen and oxygen atoms in total. The molecule has 1 atom stereocenters. The normalized spacial score (nSPS) is 17.7. The fourth-order valence-corrected chi connectivity index (χ4v) is 6.01. The van der Waals surface area contributed by atoms with Crippen LogP contribution in [0.2, 0.25) is 0 Å². The average Bonchev–Trinajstić information content (AvgIpc) is 3.36. The van der Waals surface area contributed by atoms with E-state index in [2.05, 4.69) is 27.3 Å². The number of para-hydroxylation sites is 2. The van der Waals surface area contributed by atoms with Crippen molar-refractivity contribution in [3.05, 3.63) is 84.4 Å². The minimum atomic E-state index is -0.845. The van der Waals surface area contributed by atoms with Gasteiger partial charge in [0.15, 0.2) is 5.17 Å². The average molecular weight is 583 g/mol. The standard InChI is InChI=1S/C31H30N6O4S/c1-41-23-11-7-8-21(18-23)32-27(38)20-42-31-34-25-13-6-5-12-24(25)29-33-26(30(40)37(29)31)19-28(39)36-16-14-35(15-17-36)22-9-3-2-4-10-22/h2-13,18,26H,14-17,19-20H2,1H3,(H,32,38). The Balaban J connectivity index is 1.12. The number of amidine groups is 2. The summed E-state index contributed by atoms with van der Waals surface area (Å²) in [7, 11) is 1.56. The van der Waals surface area contributed by atoms with Crippen molar-refractivity contribution in [2.45, 2.75) is 12.5 Å². The molecule has 1 N–H and O–H groups in total. The molecule has 0 spiro atoms. The minimum Gasteiger partial charge on any atom is -0.497 e. The fraction of sp³-hybridized carbons (Fsp3) is 0.258. The maximum Gasteiger partial charge on any atom is 0.259 e. The SMILES string of the molecule is COc1cccc(NC(=O)CSC2=Nc3ccccc3C3=NC(CC(=O)N4CCN(c5ccccc5)CC4)C(=O)N23)c1. The molecule has 6 rings (SSSR count). The lowest BCUT2D eigenvalue weighted by atomic mass is 10.1. The first kappa shape index (κ1) is 27.5. The number of amides is 3. The van der Waals surface area contributed by atoms with E-state index in [-0.39, 0.29) is 29.9 Å². The Labute approximate surface area is 248 Å². The minimum absolute atomic E-state index is 0.0133. The van der Waals surface area contributed by atoms with E-state index in [1.807, 2.05) is 47.4 Å². The molecule has 3 aliphatic rings. The number of nitrogens with one attached hydrogen (secondary N) is 1. The molecule has 11 heteroatoms. The summed E-state index contributed by atoms with van der Waals surface area (Å²) in [6, 6.07) is 23.8. The molecule has 0 bridgehead atoms. The second-order valence-electron chi connectivity index (χ2n) is 10.0. The molecule has 3 aromatic rings. The molecule has 0 aromatic heterocycles. The molecular formula is C31H30N6O4S. The van der Waals surface area contributed by atoms with Crippen molar-refractivity contribution >= 4 is 57.5 Å². The van der Waals surface area contributed by atoms with Crippen molar-refractivity contribution in [3.8, 4) is 5.75 Å². The van der Waals surface area contributed by atoms with E-state index >= 15 is 0 Å². The summed E-state index contributed by atoms with van der Waals surface area (Å²) in [5, 5.41) is 3.21. The number of rotatable bonds is 7. The number of benzene rings is 3. The Kier molecular flexibility index (Phi) is 7.91. The molecule has 0 saturated carbocycles. The summed E-state index contributed by atoms with van der Waals surface area (Å²) in [6.07, 6.45) is -0.0133. The lowest BCUT2D eigenvalue weighted by molar-refractivity contribution is -0.135. The van der Waals surface area contributed by atoms with Crippen molar-refractivity contribution in [1.82, 2.24) is 9.80 Å². The van der Waals surface area contributed by atoms with Gasteiger partial charge in [-0.2, -0.15) is 0 Å². The van der Waals surface area contributed by atoms with Gasteiger partial charge >= 0.3 is 0 Å². The van der Waals surface area contributed by atoms with Crippen LogP contribution in [0.4, 0.5) is 17.1 Å². The van der Waals surface area contributed by atoms with E-state index in [1.54, 1.807) is 31.4 Å². The molecule has 1 saturated heterocycles. The molecule has 3 amide bonds. The first-order valence-corrected chi connectivity index (χ1v) is 14.7. The number of aliphatic imine (C=N–C) groups is 2. The van der Waals surface area contributed by atoms with Crippen molar-refractivity contribution in [3.63, 3.8) is 0 Å². The number of carbonyl (C=O) groups excluding carboxylic acids is 3. The zero-order valence-corrected chi connectivity index (χ0v) is 23.9. The lowest BCUT2D eigenvalue weighted by Crippen LogP contribution is -2.49. The van der Waals surface area contributed by atoms with Crippen LogP contribution in [0, 0.1) is 0 Å². The molecule has 0 aliphatic carbocycles. The van der Waals surface area contributed by atoms with E-state index in [0.29, 0.717) is 41.2 Å². The highest BCUT2D eigenvalue weighted by Gasteiger charge is 2.42. The van der Waals surface area contributed by atoms with Gasteiger partial charge in [0, 0.05) is 49.2 Å². The molecule has 0 radical (unpaired) electrons. The smallest absolute Gasteiger partial charge is 0.259 e. The van der Waals surface area contributed by atoms with E-state index in [9.17, 15) is 14.4 Å². The summed E-state index contributed by atoms with van der Waals surface area (Å²) in [5.74, 6) is 0.479. The zero-order valence-electron chi connectivity index (χ0n) is 23.1. The highest BCUT2D eigenvalue weighted by molar-refractivity contribution is 8.14. The fourth-order valence-electron chi connectivity index (χ4n) is 5.21. The number of hydrogen-bond donors (Lipinski definition) is 1. The van der Waals surface area contributed by atoms with Gasteiger partial charge in [-0.3, -0.25) is 19.4 Å². The Morgan fingerprint density at radius 3 is 2.52 bits per heavy atom. The first-order valence-electron chi connectivity index (χ1n) is 13.7. The number of hydrogen-bond acceptors (Lipinski definition) is 8. The van der Waals surface area contributed by atoms with Gasteiger partial charge in [-0.05, 0) is 36.4 Å². The molecule has 3 aliphatic heterocycles. The third kappa shape index (κ3) is 5.73. The van der Waals surface area contributed by atoms with Crippen LogP contribution in [0.25, 0.3) is 0 Å². The first-order chi connectivity index (χ1) is 20.5. The van der Waals surface area contributed by atoms with Crippen molar-refractivity contribution in [2.24, 2.45) is 9.98 Å². The molecule has 3 aromatic carbocycles. The summed E-state index contributed by atoms with van der Waals surface area (Å²) >= 11 is 1.16. The second-order valence-corrected chi connectivity index (χ2v) is 11.0. The topological polar surface area (TPSA) is 107 Å². The summed E-state index contributed by atoms with van der Waals surface area (Å²) < 4.78 is 5.22. The van der Waals surface area contributed by atoms with Crippen LogP contribution in [0.5, 0.6) is 5.75 Å². The summed E-state index contributed by atoms with van der Waals surface area (Å²) in [4.78, 5) is 54.6. The number of piperazine rings is 1. The highest BCUT2D eigenvalue weighted by Crippen LogP contribution is 2.34. The van der Waals surface area contributed by atoms with E-state index in [1.165, 1.54) is 4.90 Å². The Hall–Kier alpha value is -4.64.